The topological polar surface area (TPSA) is 55.1 Å². The van der Waals surface area contributed by atoms with Gasteiger partial charge < -0.3 is 11.1 Å². The number of amides is 1. The molecule has 16 heavy (non-hydrogen) atoms. The fraction of sp³-hybridized carbons (Fsp3) is 0.917. The minimum Gasteiger partial charge on any atom is -0.354 e. The van der Waals surface area contributed by atoms with Crippen molar-refractivity contribution in [2.75, 3.05) is 6.54 Å². The second kappa shape index (κ2) is 4.92. The Labute approximate surface area is 104 Å². The average molecular weight is 247 g/mol. The summed E-state index contributed by atoms with van der Waals surface area (Å²) in [5.41, 5.74) is 6.20. The number of hydrogen-bond donors (Lipinski definition) is 2. The van der Waals surface area contributed by atoms with Crippen molar-refractivity contribution in [2.24, 2.45) is 23.0 Å². The minimum absolute atomic E-state index is 0. The van der Waals surface area contributed by atoms with E-state index in [0.717, 1.165) is 12.8 Å². The molecule has 94 valence electrons. The first kappa shape index (κ1) is 13.8. The molecule has 1 amide bonds. The summed E-state index contributed by atoms with van der Waals surface area (Å²) in [7, 11) is 0. The molecule has 0 saturated heterocycles. The van der Waals surface area contributed by atoms with E-state index in [1.807, 2.05) is 0 Å². The average Bonchev–Trinajstić information content (AvgIpc) is 3.07. The molecule has 0 radical (unpaired) electrons. The first-order valence-electron chi connectivity index (χ1n) is 6.10. The molecule has 0 heterocycles. The van der Waals surface area contributed by atoms with Crippen molar-refractivity contribution in [1.29, 1.82) is 0 Å². The number of rotatable bonds is 5. The third-order valence-corrected chi connectivity index (χ3v) is 4.22. The summed E-state index contributed by atoms with van der Waals surface area (Å²) < 4.78 is 0. The van der Waals surface area contributed by atoms with Gasteiger partial charge in [0.25, 0.3) is 0 Å². The standard InChI is InChI=1S/C12H22N2O.ClH/c1-3-12(2)6-9(12)11(15)14-7-10(13)8-4-5-8;/h8-10H,3-7,13H2,1-2H3,(H,14,15);1H. The Balaban J connectivity index is 0.00000128. The molecule has 3 unspecified atom stereocenters. The van der Waals surface area contributed by atoms with E-state index in [0.29, 0.717) is 12.5 Å². The molecule has 4 heteroatoms. The quantitative estimate of drug-likeness (QED) is 0.776. The fourth-order valence-corrected chi connectivity index (χ4v) is 2.24. The van der Waals surface area contributed by atoms with Crippen molar-refractivity contribution in [3.05, 3.63) is 0 Å². The van der Waals surface area contributed by atoms with E-state index < -0.39 is 0 Å². The van der Waals surface area contributed by atoms with Crippen molar-refractivity contribution in [2.45, 2.75) is 45.6 Å². The first-order chi connectivity index (χ1) is 7.07. The lowest BCUT2D eigenvalue weighted by Crippen LogP contribution is -2.39. The van der Waals surface area contributed by atoms with Crippen LogP contribution in [0.15, 0.2) is 0 Å². The molecule has 0 aliphatic heterocycles. The molecule has 3 nitrogen and oxygen atoms in total. The van der Waals surface area contributed by atoms with Crippen LogP contribution in [0.1, 0.15) is 39.5 Å². The van der Waals surface area contributed by atoms with E-state index in [2.05, 4.69) is 19.2 Å². The molecule has 2 aliphatic rings. The predicted molar refractivity (Wildman–Crippen MR) is 67.5 cm³/mol. The Morgan fingerprint density at radius 2 is 2.19 bits per heavy atom. The van der Waals surface area contributed by atoms with E-state index in [9.17, 15) is 4.79 Å². The molecule has 3 atom stereocenters. The summed E-state index contributed by atoms with van der Waals surface area (Å²) in [6.07, 6.45) is 4.63. The predicted octanol–water partition coefficient (Wildman–Crippen LogP) is 1.70. The maximum absolute atomic E-state index is 11.8. The number of carbonyl (C=O) groups is 1. The van der Waals surface area contributed by atoms with Crippen LogP contribution in [0.2, 0.25) is 0 Å². The van der Waals surface area contributed by atoms with Gasteiger partial charge in [-0.2, -0.15) is 0 Å². The van der Waals surface area contributed by atoms with E-state index in [1.165, 1.54) is 12.8 Å². The third kappa shape index (κ3) is 2.89. The van der Waals surface area contributed by atoms with Crippen LogP contribution < -0.4 is 11.1 Å². The maximum Gasteiger partial charge on any atom is 0.223 e. The Bertz CT molecular complexity index is 268. The normalized spacial score (nSPS) is 33.8. The molecular formula is C12H23ClN2O. The second-order valence-electron chi connectivity index (χ2n) is 5.51. The smallest absolute Gasteiger partial charge is 0.223 e. The number of nitrogens with one attached hydrogen (secondary N) is 1. The van der Waals surface area contributed by atoms with E-state index in [4.69, 9.17) is 5.73 Å². The summed E-state index contributed by atoms with van der Waals surface area (Å²) in [4.78, 5) is 11.8. The van der Waals surface area contributed by atoms with Gasteiger partial charge in [-0.3, -0.25) is 4.79 Å². The fourth-order valence-electron chi connectivity index (χ4n) is 2.24. The van der Waals surface area contributed by atoms with Gasteiger partial charge in [-0.1, -0.05) is 13.8 Å². The largest absolute Gasteiger partial charge is 0.354 e. The molecule has 2 saturated carbocycles. The lowest BCUT2D eigenvalue weighted by molar-refractivity contribution is -0.123. The van der Waals surface area contributed by atoms with Crippen LogP contribution in [0.25, 0.3) is 0 Å². The summed E-state index contributed by atoms with van der Waals surface area (Å²) in [6.45, 7) is 5.01. The Morgan fingerprint density at radius 1 is 1.56 bits per heavy atom. The van der Waals surface area contributed by atoms with Gasteiger partial charge in [0.15, 0.2) is 0 Å². The molecular weight excluding hydrogens is 224 g/mol. The zero-order valence-corrected chi connectivity index (χ0v) is 11.0. The third-order valence-electron chi connectivity index (χ3n) is 4.22. The molecule has 0 aromatic rings. The molecule has 0 aromatic heterocycles. The van der Waals surface area contributed by atoms with Crippen LogP contribution in [0.3, 0.4) is 0 Å². The van der Waals surface area contributed by atoms with Crippen molar-refractivity contribution >= 4 is 18.3 Å². The number of halogens is 1. The van der Waals surface area contributed by atoms with Crippen molar-refractivity contribution in [1.82, 2.24) is 5.32 Å². The van der Waals surface area contributed by atoms with Crippen molar-refractivity contribution < 1.29 is 4.79 Å². The minimum atomic E-state index is 0. The zero-order chi connectivity index (χ0) is 11.1. The van der Waals surface area contributed by atoms with Gasteiger partial charge in [0.1, 0.15) is 0 Å². The SMILES string of the molecule is CCC1(C)CC1C(=O)NCC(N)C1CC1.Cl. The number of nitrogens with two attached hydrogens (primary N) is 1. The number of hydrogen-bond acceptors (Lipinski definition) is 2. The Morgan fingerprint density at radius 3 is 2.62 bits per heavy atom. The van der Waals surface area contributed by atoms with E-state index in [-0.39, 0.29) is 35.7 Å². The second-order valence-corrected chi connectivity index (χ2v) is 5.51. The Kier molecular flexibility index (Phi) is 4.24. The van der Waals surface area contributed by atoms with Crippen molar-refractivity contribution in [3.8, 4) is 0 Å². The lowest BCUT2D eigenvalue weighted by atomic mass is 10.0. The van der Waals surface area contributed by atoms with Crippen LogP contribution in [0.5, 0.6) is 0 Å². The first-order valence-corrected chi connectivity index (χ1v) is 6.10. The van der Waals surface area contributed by atoms with Gasteiger partial charge in [0, 0.05) is 18.5 Å². The molecule has 0 spiro atoms. The van der Waals surface area contributed by atoms with Crippen LogP contribution in [-0.2, 0) is 4.79 Å². The molecule has 2 aliphatic carbocycles. The monoisotopic (exact) mass is 246 g/mol. The van der Waals surface area contributed by atoms with Gasteiger partial charge in [-0.15, -0.1) is 12.4 Å². The summed E-state index contributed by atoms with van der Waals surface area (Å²) in [6, 6.07) is 0.181. The molecule has 0 aromatic carbocycles. The number of carbonyl (C=O) groups excluding carboxylic acids is 1. The van der Waals surface area contributed by atoms with Crippen molar-refractivity contribution in [3.63, 3.8) is 0 Å². The molecule has 3 N–H and O–H groups in total. The van der Waals surface area contributed by atoms with Gasteiger partial charge in [0.2, 0.25) is 5.91 Å². The molecule has 2 fully saturated rings. The highest BCUT2D eigenvalue weighted by molar-refractivity contribution is 5.85. The van der Waals surface area contributed by atoms with Gasteiger partial charge in [-0.25, -0.2) is 0 Å². The van der Waals surface area contributed by atoms with Gasteiger partial charge in [-0.05, 0) is 37.0 Å². The summed E-state index contributed by atoms with van der Waals surface area (Å²) in [5.74, 6) is 1.13. The molecule has 2 rings (SSSR count). The lowest BCUT2D eigenvalue weighted by Gasteiger charge is -2.12. The van der Waals surface area contributed by atoms with Crippen LogP contribution >= 0.6 is 12.4 Å². The zero-order valence-electron chi connectivity index (χ0n) is 10.2. The highest BCUT2D eigenvalue weighted by Crippen LogP contribution is 2.54. The van der Waals surface area contributed by atoms with Crippen LogP contribution in [0.4, 0.5) is 0 Å². The highest BCUT2D eigenvalue weighted by atomic mass is 35.5. The Hall–Kier alpha value is -0.280. The maximum atomic E-state index is 11.8. The highest BCUT2D eigenvalue weighted by Gasteiger charge is 2.52. The van der Waals surface area contributed by atoms with E-state index in [1.54, 1.807) is 0 Å². The molecule has 0 bridgehead atoms. The van der Waals surface area contributed by atoms with Crippen LogP contribution in [0, 0.1) is 17.3 Å². The van der Waals surface area contributed by atoms with Gasteiger partial charge >= 0.3 is 0 Å². The van der Waals surface area contributed by atoms with Crippen LogP contribution in [-0.4, -0.2) is 18.5 Å². The summed E-state index contributed by atoms with van der Waals surface area (Å²) >= 11 is 0. The van der Waals surface area contributed by atoms with E-state index >= 15 is 0 Å². The van der Waals surface area contributed by atoms with Gasteiger partial charge in [0.05, 0.1) is 0 Å². The summed E-state index contributed by atoms with van der Waals surface area (Å²) in [5, 5.41) is 2.99.